The molecule has 0 saturated carbocycles. The first-order chi connectivity index (χ1) is 10.9. The molecule has 1 amide bonds. The molecule has 0 aliphatic carbocycles. The van der Waals surface area contributed by atoms with Crippen LogP contribution >= 0.6 is 0 Å². The summed E-state index contributed by atoms with van der Waals surface area (Å²) in [6.07, 6.45) is 3.30. The van der Waals surface area contributed by atoms with E-state index in [-0.39, 0.29) is 5.91 Å². The largest absolute Gasteiger partial charge is 0.326 e. The van der Waals surface area contributed by atoms with Gasteiger partial charge < -0.3 is 5.32 Å². The van der Waals surface area contributed by atoms with Crippen LogP contribution in [0.3, 0.4) is 0 Å². The summed E-state index contributed by atoms with van der Waals surface area (Å²) >= 11 is 0. The summed E-state index contributed by atoms with van der Waals surface area (Å²) in [5.74, 6) is -0.0837. The summed E-state index contributed by atoms with van der Waals surface area (Å²) < 4.78 is 25.6. The van der Waals surface area contributed by atoms with Crippen LogP contribution in [-0.2, 0) is 14.8 Å². The molecule has 23 heavy (non-hydrogen) atoms. The number of hydrogen-bond acceptors (Lipinski definition) is 4. The minimum atomic E-state index is -3.22. The molecule has 1 heterocycles. The van der Waals surface area contributed by atoms with E-state index in [9.17, 15) is 13.2 Å². The number of carbonyl (C=O) groups excluding carboxylic acids is 1. The Morgan fingerprint density at radius 1 is 1.30 bits per heavy atom. The topological polar surface area (TPSA) is 104 Å². The van der Waals surface area contributed by atoms with Gasteiger partial charge in [-0.1, -0.05) is 0 Å². The molecule has 1 aromatic heterocycles. The van der Waals surface area contributed by atoms with Gasteiger partial charge in [0.15, 0.2) is 0 Å². The zero-order valence-corrected chi connectivity index (χ0v) is 14.1. The number of sulfonamides is 1. The molecular formula is C15H22N4O3S. The van der Waals surface area contributed by atoms with Crippen molar-refractivity contribution in [3.05, 3.63) is 24.4 Å². The molecule has 7 nitrogen and oxygen atoms in total. The van der Waals surface area contributed by atoms with Gasteiger partial charge in [0.25, 0.3) is 0 Å². The lowest BCUT2D eigenvalue weighted by Crippen LogP contribution is -2.31. The van der Waals surface area contributed by atoms with Crippen LogP contribution in [0.1, 0.15) is 33.1 Å². The van der Waals surface area contributed by atoms with Crippen molar-refractivity contribution < 1.29 is 13.2 Å². The van der Waals surface area contributed by atoms with Gasteiger partial charge in [-0.25, -0.2) is 13.1 Å². The second-order valence-corrected chi connectivity index (χ2v) is 7.99. The highest BCUT2D eigenvalue weighted by molar-refractivity contribution is 7.90. The van der Waals surface area contributed by atoms with E-state index in [1.807, 2.05) is 18.2 Å². The molecule has 126 valence electrons. The Bertz CT molecular complexity index is 768. The molecule has 0 spiro atoms. The van der Waals surface area contributed by atoms with Crippen LogP contribution in [0.15, 0.2) is 24.4 Å². The number of H-pyrrole nitrogens is 1. The number of benzene rings is 1. The fourth-order valence-corrected chi connectivity index (χ4v) is 2.80. The van der Waals surface area contributed by atoms with Crippen LogP contribution < -0.4 is 10.0 Å². The zero-order valence-electron chi connectivity index (χ0n) is 13.3. The van der Waals surface area contributed by atoms with Crippen molar-refractivity contribution in [3.8, 4) is 0 Å². The molecule has 0 fully saturated rings. The third-order valence-corrected chi connectivity index (χ3v) is 5.33. The first kappa shape index (κ1) is 17.4. The highest BCUT2D eigenvalue weighted by Crippen LogP contribution is 2.17. The van der Waals surface area contributed by atoms with Crippen molar-refractivity contribution in [2.75, 3.05) is 11.9 Å². The minimum absolute atomic E-state index is 0.0837. The van der Waals surface area contributed by atoms with Crippen molar-refractivity contribution >= 4 is 32.5 Å². The van der Waals surface area contributed by atoms with Gasteiger partial charge in [-0.3, -0.25) is 9.89 Å². The summed E-state index contributed by atoms with van der Waals surface area (Å²) in [4.78, 5) is 11.9. The van der Waals surface area contributed by atoms with Crippen molar-refractivity contribution in [2.24, 2.45) is 0 Å². The monoisotopic (exact) mass is 338 g/mol. The Labute approximate surface area is 135 Å². The average Bonchev–Trinajstić information content (AvgIpc) is 2.94. The SMILES string of the molecule is CC(C)S(=O)(=O)NCCCCC(=O)Nc1ccc2[nH]ncc2c1. The van der Waals surface area contributed by atoms with Crippen LogP contribution in [-0.4, -0.2) is 36.3 Å². The Morgan fingerprint density at radius 3 is 2.83 bits per heavy atom. The number of unbranched alkanes of at least 4 members (excludes halogenated alkanes) is 1. The highest BCUT2D eigenvalue weighted by atomic mass is 32.2. The van der Waals surface area contributed by atoms with Gasteiger partial charge in [-0.2, -0.15) is 5.10 Å². The number of amides is 1. The number of rotatable bonds is 8. The molecule has 0 aliphatic heterocycles. The molecule has 0 aliphatic rings. The van der Waals surface area contributed by atoms with Gasteiger partial charge in [0, 0.05) is 24.0 Å². The Hall–Kier alpha value is -1.93. The molecule has 8 heteroatoms. The van der Waals surface area contributed by atoms with Crippen LogP contribution in [0.25, 0.3) is 10.9 Å². The van der Waals surface area contributed by atoms with E-state index in [0.29, 0.717) is 25.8 Å². The number of aromatic amines is 1. The number of fused-ring (bicyclic) bond motifs is 1. The molecule has 0 saturated heterocycles. The average molecular weight is 338 g/mol. The lowest BCUT2D eigenvalue weighted by Gasteiger charge is -2.09. The molecule has 2 aromatic rings. The van der Waals surface area contributed by atoms with Crippen LogP contribution in [0.2, 0.25) is 0 Å². The van der Waals surface area contributed by atoms with Crippen molar-refractivity contribution in [2.45, 2.75) is 38.4 Å². The third-order valence-electron chi connectivity index (χ3n) is 3.48. The van der Waals surface area contributed by atoms with E-state index in [4.69, 9.17) is 0 Å². The zero-order chi connectivity index (χ0) is 16.9. The van der Waals surface area contributed by atoms with Gasteiger partial charge in [-0.05, 0) is 44.9 Å². The fraction of sp³-hybridized carbons (Fsp3) is 0.467. The smallest absolute Gasteiger partial charge is 0.224 e. The second-order valence-electron chi connectivity index (χ2n) is 5.67. The maximum absolute atomic E-state index is 11.9. The van der Waals surface area contributed by atoms with Gasteiger partial charge in [0.1, 0.15) is 0 Å². The first-order valence-corrected chi connectivity index (χ1v) is 9.14. The number of anilines is 1. The van der Waals surface area contributed by atoms with Crippen LogP contribution in [0.4, 0.5) is 5.69 Å². The maximum Gasteiger partial charge on any atom is 0.224 e. The molecule has 0 radical (unpaired) electrons. The van der Waals surface area contributed by atoms with Crippen LogP contribution in [0, 0.1) is 0 Å². The first-order valence-electron chi connectivity index (χ1n) is 7.60. The molecule has 0 atom stereocenters. The number of nitrogens with one attached hydrogen (secondary N) is 3. The van der Waals surface area contributed by atoms with E-state index >= 15 is 0 Å². The van der Waals surface area contributed by atoms with E-state index in [1.165, 1.54) is 0 Å². The third kappa shape index (κ3) is 5.04. The van der Waals surface area contributed by atoms with Gasteiger partial charge in [0.2, 0.25) is 15.9 Å². The van der Waals surface area contributed by atoms with Gasteiger partial charge in [0.05, 0.1) is 17.0 Å². The molecular weight excluding hydrogens is 316 g/mol. The van der Waals surface area contributed by atoms with Crippen LogP contribution in [0.5, 0.6) is 0 Å². The van der Waals surface area contributed by atoms with E-state index < -0.39 is 15.3 Å². The number of nitrogens with zero attached hydrogens (tertiary/aromatic N) is 1. The summed E-state index contributed by atoms with van der Waals surface area (Å²) in [5.41, 5.74) is 1.64. The Morgan fingerprint density at radius 2 is 2.09 bits per heavy atom. The predicted molar refractivity (Wildman–Crippen MR) is 90.6 cm³/mol. The second kappa shape index (κ2) is 7.56. The molecule has 1 aromatic carbocycles. The number of hydrogen-bond donors (Lipinski definition) is 3. The van der Waals surface area contributed by atoms with E-state index in [2.05, 4.69) is 20.2 Å². The highest BCUT2D eigenvalue weighted by Gasteiger charge is 2.14. The summed E-state index contributed by atoms with van der Waals surface area (Å²) in [5, 5.41) is 10.1. The summed E-state index contributed by atoms with van der Waals surface area (Å²) in [6.45, 7) is 3.62. The normalized spacial score (nSPS) is 12.0. The predicted octanol–water partition coefficient (Wildman–Crippen LogP) is 2.00. The number of aromatic nitrogens is 2. The standard InChI is InChI=1S/C15H22N4O3S/c1-11(2)23(21,22)17-8-4-3-5-15(20)18-13-6-7-14-12(9-13)10-16-19-14/h6-7,9-11,17H,3-5,8H2,1-2H3,(H,16,19)(H,18,20). The lowest BCUT2D eigenvalue weighted by molar-refractivity contribution is -0.116. The van der Waals surface area contributed by atoms with Crippen molar-refractivity contribution in [1.29, 1.82) is 0 Å². The maximum atomic E-state index is 11.9. The molecule has 2 rings (SSSR count). The van der Waals surface area contributed by atoms with Crippen molar-refractivity contribution in [1.82, 2.24) is 14.9 Å². The minimum Gasteiger partial charge on any atom is -0.326 e. The van der Waals surface area contributed by atoms with Gasteiger partial charge >= 0.3 is 0 Å². The quantitative estimate of drug-likeness (QED) is 0.640. The lowest BCUT2D eigenvalue weighted by atomic mass is 10.2. The fourth-order valence-electron chi connectivity index (χ4n) is 2.04. The molecule has 0 unspecified atom stereocenters. The molecule has 3 N–H and O–H groups in total. The molecule has 0 bridgehead atoms. The summed E-state index contributed by atoms with van der Waals surface area (Å²) in [6, 6.07) is 5.53. The Balaban J connectivity index is 1.71. The van der Waals surface area contributed by atoms with E-state index in [0.717, 1.165) is 16.6 Å². The number of carbonyl (C=O) groups is 1. The van der Waals surface area contributed by atoms with Crippen molar-refractivity contribution in [3.63, 3.8) is 0 Å². The van der Waals surface area contributed by atoms with Gasteiger partial charge in [-0.15, -0.1) is 0 Å². The van der Waals surface area contributed by atoms with E-state index in [1.54, 1.807) is 20.0 Å². The Kier molecular flexibility index (Phi) is 5.73. The summed E-state index contributed by atoms with van der Waals surface area (Å²) in [7, 11) is -3.22.